The monoisotopic (exact) mass is 316 g/mol. The van der Waals surface area contributed by atoms with Gasteiger partial charge in [0.1, 0.15) is 0 Å². The standard InChI is InChI=1S/C17H20N2O2S/c1-11(9-15(20)21)17-16(18-12(2)22-17)14-8-6-5-7-13(14)10-19(3)4/h5-9H,10H2,1-4H3,(H,20,21)/b11-9+. The number of carbonyl (C=O) groups is 1. The average Bonchev–Trinajstić information content (AvgIpc) is 2.80. The van der Waals surface area contributed by atoms with E-state index in [0.717, 1.165) is 33.3 Å². The van der Waals surface area contributed by atoms with E-state index in [2.05, 4.69) is 16.0 Å². The van der Waals surface area contributed by atoms with Crippen molar-refractivity contribution in [2.75, 3.05) is 14.1 Å². The Morgan fingerprint density at radius 1 is 1.36 bits per heavy atom. The predicted molar refractivity (Wildman–Crippen MR) is 91.0 cm³/mol. The maximum atomic E-state index is 11.0. The molecular weight excluding hydrogens is 296 g/mol. The first-order chi connectivity index (χ1) is 10.4. The third-order valence-electron chi connectivity index (χ3n) is 3.19. The van der Waals surface area contributed by atoms with Gasteiger partial charge in [-0.2, -0.15) is 0 Å². The number of hydrogen-bond acceptors (Lipinski definition) is 4. The number of aliphatic carboxylic acids is 1. The van der Waals surface area contributed by atoms with E-state index in [1.54, 1.807) is 0 Å². The minimum Gasteiger partial charge on any atom is -0.478 e. The zero-order valence-corrected chi connectivity index (χ0v) is 14.1. The van der Waals surface area contributed by atoms with Crippen LogP contribution in [0.15, 0.2) is 30.3 Å². The van der Waals surface area contributed by atoms with Crippen molar-refractivity contribution in [3.63, 3.8) is 0 Å². The molecule has 0 saturated carbocycles. The lowest BCUT2D eigenvalue weighted by atomic mass is 10.0. The zero-order chi connectivity index (χ0) is 16.3. The van der Waals surface area contributed by atoms with Gasteiger partial charge in [0.15, 0.2) is 0 Å². The highest BCUT2D eigenvalue weighted by atomic mass is 32.1. The Kier molecular flexibility index (Phi) is 5.11. The van der Waals surface area contributed by atoms with Crippen molar-refractivity contribution in [1.82, 2.24) is 9.88 Å². The van der Waals surface area contributed by atoms with Crippen LogP contribution >= 0.6 is 11.3 Å². The van der Waals surface area contributed by atoms with E-state index in [0.29, 0.717) is 0 Å². The van der Waals surface area contributed by atoms with Crippen molar-refractivity contribution in [3.8, 4) is 11.3 Å². The molecule has 22 heavy (non-hydrogen) atoms. The number of aryl methyl sites for hydroxylation is 1. The number of hydrogen-bond donors (Lipinski definition) is 1. The molecule has 1 aromatic heterocycles. The Morgan fingerprint density at radius 2 is 2.05 bits per heavy atom. The molecule has 0 spiro atoms. The van der Waals surface area contributed by atoms with E-state index in [1.807, 2.05) is 46.1 Å². The summed E-state index contributed by atoms with van der Waals surface area (Å²) in [4.78, 5) is 18.6. The van der Waals surface area contributed by atoms with Crippen molar-refractivity contribution in [1.29, 1.82) is 0 Å². The molecule has 0 aliphatic carbocycles. The van der Waals surface area contributed by atoms with E-state index in [-0.39, 0.29) is 0 Å². The molecule has 4 nitrogen and oxygen atoms in total. The largest absolute Gasteiger partial charge is 0.478 e. The van der Waals surface area contributed by atoms with Crippen LogP contribution in [0.1, 0.15) is 22.4 Å². The second-order valence-corrected chi connectivity index (χ2v) is 6.67. The molecule has 0 aliphatic rings. The summed E-state index contributed by atoms with van der Waals surface area (Å²) in [5.41, 5.74) is 3.85. The van der Waals surface area contributed by atoms with Crippen LogP contribution in [0, 0.1) is 6.92 Å². The first-order valence-electron chi connectivity index (χ1n) is 7.00. The van der Waals surface area contributed by atoms with Gasteiger partial charge in [0, 0.05) is 18.2 Å². The summed E-state index contributed by atoms with van der Waals surface area (Å²) in [6.45, 7) is 4.58. The third-order valence-corrected chi connectivity index (χ3v) is 4.30. The maximum Gasteiger partial charge on any atom is 0.328 e. The Morgan fingerprint density at radius 3 is 2.68 bits per heavy atom. The molecule has 1 heterocycles. The van der Waals surface area contributed by atoms with E-state index in [1.165, 1.54) is 23.0 Å². The molecule has 0 atom stereocenters. The minimum atomic E-state index is -0.934. The van der Waals surface area contributed by atoms with Crippen molar-refractivity contribution in [2.24, 2.45) is 0 Å². The first kappa shape index (κ1) is 16.4. The van der Waals surface area contributed by atoms with Crippen LogP contribution in [0.25, 0.3) is 16.8 Å². The number of nitrogens with zero attached hydrogens (tertiary/aromatic N) is 2. The lowest BCUT2D eigenvalue weighted by molar-refractivity contribution is -0.131. The second-order valence-electron chi connectivity index (χ2n) is 5.47. The van der Waals surface area contributed by atoms with Crippen molar-refractivity contribution < 1.29 is 9.90 Å². The van der Waals surface area contributed by atoms with Crippen LogP contribution in [-0.2, 0) is 11.3 Å². The first-order valence-corrected chi connectivity index (χ1v) is 7.82. The Bertz CT molecular complexity index is 717. The lowest BCUT2D eigenvalue weighted by Gasteiger charge is -2.14. The van der Waals surface area contributed by atoms with Crippen LogP contribution < -0.4 is 0 Å². The van der Waals surface area contributed by atoms with E-state index in [9.17, 15) is 4.79 Å². The molecule has 1 aromatic carbocycles. The summed E-state index contributed by atoms with van der Waals surface area (Å²) in [7, 11) is 4.05. The van der Waals surface area contributed by atoms with Gasteiger partial charge >= 0.3 is 5.97 Å². The van der Waals surface area contributed by atoms with Gasteiger partial charge in [-0.15, -0.1) is 11.3 Å². The van der Waals surface area contributed by atoms with Crippen LogP contribution in [-0.4, -0.2) is 35.1 Å². The van der Waals surface area contributed by atoms with E-state index >= 15 is 0 Å². The molecule has 0 fully saturated rings. The fraction of sp³-hybridized carbons (Fsp3) is 0.294. The van der Waals surface area contributed by atoms with Gasteiger partial charge in [-0.3, -0.25) is 0 Å². The summed E-state index contributed by atoms with van der Waals surface area (Å²) in [5, 5.41) is 9.92. The fourth-order valence-corrected chi connectivity index (χ4v) is 3.26. The van der Waals surface area contributed by atoms with Gasteiger partial charge in [-0.25, -0.2) is 9.78 Å². The van der Waals surface area contributed by atoms with Gasteiger partial charge in [0.25, 0.3) is 0 Å². The molecule has 0 aliphatic heterocycles. The van der Waals surface area contributed by atoms with Crippen LogP contribution in [0.2, 0.25) is 0 Å². The molecule has 116 valence electrons. The van der Waals surface area contributed by atoms with E-state index in [4.69, 9.17) is 5.11 Å². The van der Waals surface area contributed by atoms with Gasteiger partial charge in [0.05, 0.1) is 15.6 Å². The summed E-state index contributed by atoms with van der Waals surface area (Å²) >= 11 is 1.53. The third kappa shape index (κ3) is 3.81. The summed E-state index contributed by atoms with van der Waals surface area (Å²) in [6, 6.07) is 8.14. The highest BCUT2D eigenvalue weighted by Gasteiger charge is 2.16. The van der Waals surface area contributed by atoms with Crippen molar-refractivity contribution in [2.45, 2.75) is 20.4 Å². The number of benzene rings is 1. The molecule has 2 aromatic rings. The number of allylic oxidation sites excluding steroid dienone is 1. The van der Waals surface area contributed by atoms with Gasteiger partial charge < -0.3 is 10.0 Å². The second kappa shape index (κ2) is 6.85. The lowest BCUT2D eigenvalue weighted by Crippen LogP contribution is -2.11. The summed E-state index contributed by atoms with van der Waals surface area (Å²) in [6.07, 6.45) is 1.24. The Balaban J connectivity index is 2.57. The quantitative estimate of drug-likeness (QED) is 0.855. The van der Waals surface area contributed by atoms with E-state index < -0.39 is 5.97 Å². The number of carboxylic acids is 1. The maximum absolute atomic E-state index is 11.0. The molecule has 2 rings (SSSR count). The molecule has 0 radical (unpaired) electrons. The Hall–Kier alpha value is -1.98. The molecule has 5 heteroatoms. The SMILES string of the molecule is C/C(=C\C(=O)O)c1sc(C)nc1-c1ccccc1CN(C)C. The molecule has 0 saturated heterocycles. The number of aromatic nitrogens is 1. The molecule has 0 amide bonds. The number of thiazole rings is 1. The average molecular weight is 316 g/mol. The molecular formula is C17H20N2O2S. The topological polar surface area (TPSA) is 53.4 Å². The summed E-state index contributed by atoms with van der Waals surface area (Å²) < 4.78 is 0. The number of rotatable bonds is 5. The normalized spacial score (nSPS) is 12.0. The highest BCUT2D eigenvalue weighted by Crippen LogP contribution is 2.35. The molecule has 0 unspecified atom stereocenters. The molecule has 0 bridgehead atoms. The summed E-state index contributed by atoms with van der Waals surface area (Å²) in [5.74, 6) is -0.934. The van der Waals surface area contributed by atoms with Gasteiger partial charge in [-0.05, 0) is 39.1 Å². The molecule has 1 N–H and O–H groups in total. The predicted octanol–water partition coefficient (Wildman–Crippen LogP) is 3.67. The van der Waals surface area contributed by atoms with Gasteiger partial charge in [-0.1, -0.05) is 24.3 Å². The zero-order valence-electron chi connectivity index (χ0n) is 13.3. The highest BCUT2D eigenvalue weighted by molar-refractivity contribution is 7.13. The number of carboxylic acid groups (broad SMARTS) is 1. The van der Waals surface area contributed by atoms with Crippen LogP contribution in [0.4, 0.5) is 0 Å². The van der Waals surface area contributed by atoms with Crippen LogP contribution in [0.5, 0.6) is 0 Å². The van der Waals surface area contributed by atoms with Gasteiger partial charge in [0.2, 0.25) is 0 Å². The minimum absolute atomic E-state index is 0.729. The van der Waals surface area contributed by atoms with Crippen LogP contribution in [0.3, 0.4) is 0 Å². The smallest absolute Gasteiger partial charge is 0.328 e. The fourth-order valence-electron chi connectivity index (χ4n) is 2.36. The van der Waals surface area contributed by atoms with Crippen molar-refractivity contribution >= 4 is 22.9 Å². The Labute approximate surface area is 134 Å². The van der Waals surface area contributed by atoms with Crippen molar-refractivity contribution in [3.05, 3.63) is 45.8 Å².